The number of benzene rings is 2. The Balaban J connectivity index is 1.75. The number of alkyl halides is 3. The number of fused-ring (bicyclic) bond motifs is 1. The van der Waals surface area contributed by atoms with E-state index in [0.29, 0.717) is 11.1 Å². The number of hydrogen-bond donors (Lipinski definition) is 2. The van der Waals surface area contributed by atoms with Gasteiger partial charge in [0.05, 0.1) is 45.5 Å². The second-order valence-electron chi connectivity index (χ2n) is 8.60. The van der Waals surface area contributed by atoms with Crippen molar-refractivity contribution in [3.05, 3.63) is 82.3 Å². The molecule has 0 unspecified atom stereocenters. The van der Waals surface area contributed by atoms with Crippen LogP contribution in [0.2, 0.25) is 0 Å². The van der Waals surface area contributed by atoms with Crippen LogP contribution in [-0.4, -0.2) is 41.3 Å². The van der Waals surface area contributed by atoms with Crippen LogP contribution in [0.4, 0.5) is 18.9 Å². The molecule has 0 saturated heterocycles. The van der Waals surface area contributed by atoms with E-state index in [2.05, 4.69) is 15.4 Å². The summed E-state index contributed by atoms with van der Waals surface area (Å²) in [5.41, 5.74) is 3.82. The lowest BCUT2D eigenvalue weighted by Gasteiger charge is -2.11. The topological polar surface area (TPSA) is 161 Å². The maximum Gasteiger partial charge on any atom is 0.437 e. The Morgan fingerprint density at radius 3 is 2.36 bits per heavy atom. The van der Waals surface area contributed by atoms with Crippen molar-refractivity contribution in [2.24, 2.45) is 5.73 Å². The zero-order chi connectivity index (χ0) is 28.7. The molecule has 2 amide bonds. The molecule has 10 nitrogen and oxygen atoms in total. The summed E-state index contributed by atoms with van der Waals surface area (Å²) in [5, 5.41) is 14.8. The molecule has 0 aliphatic rings. The molecule has 0 fully saturated rings. The van der Waals surface area contributed by atoms with E-state index in [0.717, 1.165) is 17.0 Å². The average Bonchev–Trinajstić information content (AvgIpc) is 3.17. The zero-order valence-corrected chi connectivity index (χ0v) is 21.2. The molecule has 2 heterocycles. The molecule has 2 aromatic heterocycles. The smallest absolute Gasteiger partial charge is 0.366 e. The third-order valence-electron chi connectivity index (χ3n) is 5.84. The van der Waals surface area contributed by atoms with Crippen LogP contribution < -0.4 is 11.1 Å². The van der Waals surface area contributed by atoms with E-state index in [9.17, 15) is 31.2 Å². The minimum atomic E-state index is -4.92. The number of sulfone groups is 1. The lowest BCUT2D eigenvalue weighted by atomic mass is 10.1. The largest absolute Gasteiger partial charge is 0.437 e. The maximum atomic E-state index is 13.9. The number of anilines is 1. The fourth-order valence-electron chi connectivity index (χ4n) is 3.84. The van der Waals surface area contributed by atoms with E-state index in [1.54, 1.807) is 12.1 Å². The number of halogens is 3. The standard InChI is InChI=1S/C25H19F3N6O4S/c1-13-21(22(25(26,27)28)33-34(13)12-15-5-3-14(11-29)4-6-15)32-24(36)20-10-18(23(30)35)17-9-16(39(2,37)38)7-8-19(17)31-20/h3-10H,12H2,1-2H3,(H2,30,35)(H,32,36). The average molecular weight is 557 g/mol. The first-order chi connectivity index (χ1) is 18.2. The van der Waals surface area contributed by atoms with Crippen molar-refractivity contribution in [3.63, 3.8) is 0 Å². The second kappa shape index (κ2) is 9.84. The highest BCUT2D eigenvalue weighted by atomic mass is 32.2. The van der Waals surface area contributed by atoms with Gasteiger partial charge < -0.3 is 11.1 Å². The number of nitrogens with zero attached hydrogens (tertiary/aromatic N) is 4. The van der Waals surface area contributed by atoms with Gasteiger partial charge >= 0.3 is 6.18 Å². The molecule has 0 bridgehead atoms. The first-order valence-electron chi connectivity index (χ1n) is 11.1. The van der Waals surface area contributed by atoms with Crippen molar-refractivity contribution < 1.29 is 31.2 Å². The van der Waals surface area contributed by atoms with Gasteiger partial charge in [0.25, 0.3) is 5.91 Å². The molecule has 0 saturated carbocycles. The molecule has 0 atom stereocenters. The van der Waals surface area contributed by atoms with Gasteiger partial charge in [0, 0.05) is 11.6 Å². The van der Waals surface area contributed by atoms with Gasteiger partial charge in [-0.3, -0.25) is 14.3 Å². The molecule has 0 spiro atoms. The maximum absolute atomic E-state index is 13.9. The molecular formula is C25H19F3N6O4S. The summed E-state index contributed by atoms with van der Waals surface area (Å²) in [5.74, 6) is -2.07. The van der Waals surface area contributed by atoms with Gasteiger partial charge in [-0.25, -0.2) is 13.4 Å². The van der Waals surface area contributed by atoms with Crippen LogP contribution in [0.1, 0.15) is 43.4 Å². The summed E-state index contributed by atoms with van der Waals surface area (Å²) in [4.78, 5) is 29.2. The van der Waals surface area contributed by atoms with E-state index in [-0.39, 0.29) is 33.6 Å². The summed E-state index contributed by atoms with van der Waals surface area (Å²) in [6.07, 6.45) is -3.95. The van der Waals surface area contributed by atoms with Gasteiger partial charge in [-0.15, -0.1) is 0 Å². The summed E-state index contributed by atoms with van der Waals surface area (Å²) in [7, 11) is -3.64. The lowest BCUT2D eigenvalue weighted by molar-refractivity contribution is -0.140. The van der Waals surface area contributed by atoms with E-state index in [4.69, 9.17) is 11.0 Å². The number of amides is 2. The van der Waals surface area contributed by atoms with Crippen LogP contribution in [0.15, 0.2) is 53.4 Å². The number of carbonyl (C=O) groups excluding carboxylic acids is 2. The Morgan fingerprint density at radius 1 is 1.13 bits per heavy atom. The summed E-state index contributed by atoms with van der Waals surface area (Å²) in [6, 6.07) is 12.8. The van der Waals surface area contributed by atoms with Crippen LogP contribution in [0.5, 0.6) is 0 Å². The number of hydrogen-bond acceptors (Lipinski definition) is 7. The lowest BCUT2D eigenvalue weighted by Crippen LogP contribution is -2.20. The highest BCUT2D eigenvalue weighted by Gasteiger charge is 2.39. The third-order valence-corrected chi connectivity index (χ3v) is 6.95. The molecule has 0 radical (unpaired) electrons. The Kier molecular flexibility index (Phi) is 6.88. The number of nitriles is 1. The van der Waals surface area contributed by atoms with Crippen LogP contribution >= 0.6 is 0 Å². The predicted octanol–water partition coefficient (Wildman–Crippen LogP) is 3.43. The Bertz CT molecular complexity index is 1790. The normalized spacial score (nSPS) is 11.8. The van der Waals surface area contributed by atoms with Crippen LogP contribution in [-0.2, 0) is 22.6 Å². The van der Waals surface area contributed by atoms with Crippen molar-refractivity contribution in [3.8, 4) is 6.07 Å². The second-order valence-corrected chi connectivity index (χ2v) is 10.6. The van der Waals surface area contributed by atoms with Crippen LogP contribution in [0.25, 0.3) is 10.9 Å². The summed E-state index contributed by atoms with van der Waals surface area (Å²) in [6.45, 7) is 1.27. The number of pyridine rings is 1. The Hall–Kier alpha value is -4.77. The van der Waals surface area contributed by atoms with Crippen molar-refractivity contribution in [2.75, 3.05) is 11.6 Å². The Morgan fingerprint density at radius 2 is 1.79 bits per heavy atom. The molecule has 39 heavy (non-hydrogen) atoms. The number of nitrogens with two attached hydrogens (primary N) is 1. The van der Waals surface area contributed by atoms with Gasteiger partial charge in [-0.05, 0) is 48.9 Å². The minimum absolute atomic E-state index is 0.00579. The molecule has 3 N–H and O–H groups in total. The van der Waals surface area contributed by atoms with Crippen LogP contribution in [0.3, 0.4) is 0 Å². The van der Waals surface area contributed by atoms with Crippen molar-refractivity contribution in [1.82, 2.24) is 14.8 Å². The third kappa shape index (κ3) is 5.58. The molecule has 4 aromatic rings. The number of aromatic nitrogens is 3. The molecule has 200 valence electrons. The van der Waals surface area contributed by atoms with Gasteiger partial charge in [-0.1, -0.05) is 12.1 Å². The number of nitrogens with one attached hydrogen (secondary N) is 1. The van der Waals surface area contributed by atoms with E-state index >= 15 is 0 Å². The molecular weight excluding hydrogens is 537 g/mol. The Labute approximate surface area is 219 Å². The van der Waals surface area contributed by atoms with E-state index < -0.39 is 44.9 Å². The van der Waals surface area contributed by atoms with E-state index in [1.807, 2.05) is 6.07 Å². The van der Waals surface area contributed by atoms with Crippen molar-refractivity contribution in [1.29, 1.82) is 5.26 Å². The predicted molar refractivity (Wildman–Crippen MR) is 134 cm³/mol. The quantitative estimate of drug-likeness (QED) is 0.368. The van der Waals surface area contributed by atoms with Gasteiger partial charge in [-0.2, -0.15) is 23.5 Å². The summed E-state index contributed by atoms with van der Waals surface area (Å²) >= 11 is 0. The van der Waals surface area contributed by atoms with Gasteiger partial charge in [0.1, 0.15) is 5.69 Å². The highest BCUT2D eigenvalue weighted by Crippen LogP contribution is 2.36. The molecule has 0 aliphatic carbocycles. The first kappa shape index (κ1) is 27.3. The molecule has 2 aromatic carbocycles. The fraction of sp³-hybridized carbons (Fsp3) is 0.160. The SMILES string of the molecule is Cc1c(NC(=O)c2cc(C(N)=O)c3cc(S(C)(=O)=O)ccc3n2)c(C(F)(F)F)nn1Cc1ccc(C#N)cc1. The summed E-state index contributed by atoms with van der Waals surface area (Å²) < 4.78 is 66.5. The minimum Gasteiger partial charge on any atom is -0.366 e. The first-order valence-corrected chi connectivity index (χ1v) is 13.0. The fourth-order valence-corrected chi connectivity index (χ4v) is 4.49. The molecule has 0 aliphatic heterocycles. The molecule has 14 heteroatoms. The monoisotopic (exact) mass is 556 g/mol. The highest BCUT2D eigenvalue weighted by molar-refractivity contribution is 7.90. The van der Waals surface area contributed by atoms with Crippen molar-refractivity contribution >= 4 is 38.2 Å². The number of carbonyl (C=O) groups is 2. The van der Waals surface area contributed by atoms with E-state index in [1.165, 1.54) is 37.3 Å². The van der Waals surface area contributed by atoms with Gasteiger partial charge in [0.2, 0.25) is 5.91 Å². The van der Waals surface area contributed by atoms with Crippen molar-refractivity contribution in [2.45, 2.75) is 24.5 Å². The number of primary amides is 1. The van der Waals surface area contributed by atoms with Crippen LogP contribution in [0, 0.1) is 18.3 Å². The zero-order valence-electron chi connectivity index (χ0n) is 20.4. The number of rotatable bonds is 6. The molecule has 4 rings (SSSR count). The van der Waals surface area contributed by atoms with Gasteiger partial charge in [0.15, 0.2) is 15.5 Å².